The lowest BCUT2D eigenvalue weighted by atomic mass is 10.1. The van der Waals surface area contributed by atoms with E-state index in [1.807, 2.05) is 30.3 Å². The topological polar surface area (TPSA) is 38.7 Å². The predicted octanol–water partition coefficient (Wildman–Crippen LogP) is 5.50. The number of hydrogen-bond acceptors (Lipinski definition) is 3. The van der Waals surface area contributed by atoms with Gasteiger partial charge < -0.3 is 14.6 Å². The van der Waals surface area contributed by atoms with Crippen molar-refractivity contribution in [3.05, 3.63) is 35.9 Å². The van der Waals surface area contributed by atoms with Crippen molar-refractivity contribution >= 4 is 0 Å². The van der Waals surface area contributed by atoms with E-state index in [4.69, 9.17) is 9.47 Å². The minimum atomic E-state index is -0.233. The van der Waals surface area contributed by atoms with Gasteiger partial charge in [-0.25, -0.2) is 0 Å². The van der Waals surface area contributed by atoms with Gasteiger partial charge in [-0.15, -0.1) is 0 Å². The summed E-state index contributed by atoms with van der Waals surface area (Å²) in [5.41, 5.74) is 1.12. The van der Waals surface area contributed by atoms with Crippen LogP contribution in [-0.4, -0.2) is 31.0 Å². The van der Waals surface area contributed by atoms with Crippen LogP contribution < -0.4 is 0 Å². The molecule has 1 rings (SSSR count). The number of rotatable bonds is 17. The smallest absolute Gasteiger partial charge is 0.104 e. The predicted molar refractivity (Wildman–Crippen MR) is 105 cm³/mol. The van der Waals surface area contributed by atoms with Crippen molar-refractivity contribution in [2.24, 2.45) is 0 Å². The molecule has 3 nitrogen and oxygen atoms in total. The van der Waals surface area contributed by atoms with Crippen LogP contribution in [0.1, 0.15) is 76.7 Å². The highest BCUT2D eigenvalue weighted by molar-refractivity contribution is 5.13. The van der Waals surface area contributed by atoms with Crippen molar-refractivity contribution in [2.45, 2.75) is 83.8 Å². The Hall–Kier alpha value is -0.900. The minimum absolute atomic E-state index is 0.00483. The first-order valence-electron chi connectivity index (χ1n) is 10.2. The van der Waals surface area contributed by atoms with Crippen molar-refractivity contribution in [1.29, 1.82) is 0 Å². The summed E-state index contributed by atoms with van der Waals surface area (Å²) in [4.78, 5) is 0. The molecule has 3 heteroatoms. The summed E-state index contributed by atoms with van der Waals surface area (Å²) in [5.74, 6) is 0. The molecule has 0 aliphatic rings. The van der Waals surface area contributed by atoms with Gasteiger partial charge in [-0.2, -0.15) is 0 Å². The van der Waals surface area contributed by atoms with Crippen molar-refractivity contribution in [3.63, 3.8) is 0 Å². The Balaban J connectivity index is 1.89. The summed E-state index contributed by atoms with van der Waals surface area (Å²) in [5, 5.41) is 9.38. The van der Waals surface area contributed by atoms with E-state index >= 15 is 0 Å². The SMILES string of the molecule is CCCCCCCCCCCCOCC(CO)OCc1ccccc1. The molecule has 0 saturated heterocycles. The molecule has 1 N–H and O–H groups in total. The lowest BCUT2D eigenvalue weighted by molar-refractivity contribution is -0.0502. The fraction of sp³-hybridized carbons (Fsp3) is 0.727. The van der Waals surface area contributed by atoms with Crippen LogP contribution in [0.2, 0.25) is 0 Å². The van der Waals surface area contributed by atoms with Crippen molar-refractivity contribution in [3.8, 4) is 0 Å². The van der Waals surface area contributed by atoms with E-state index in [2.05, 4.69) is 6.92 Å². The average molecular weight is 351 g/mol. The second kappa shape index (κ2) is 16.6. The maximum atomic E-state index is 9.38. The second-order valence-electron chi connectivity index (χ2n) is 6.86. The summed E-state index contributed by atoms with van der Waals surface area (Å²) in [6, 6.07) is 10.0. The molecule has 0 spiro atoms. The van der Waals surface area contributed by atoms with E-state index in [9.17, 15) is 5.11 Å². The van der Waals surface area contributed by atoms with Gasteiger partial charge in [-0.3, -0.25) is 0 Å². The molecule has 0 fully saturated rings. The molecule has 0 heterocycles. The summed E-state index contributed by atoms with van der Waals surface area (Å²) < 4.78 is 11.4. The van der Waals surface area contributed by atoms with Crippen molar-refractivity contribution < 1.29 is 14.6 Å². The van der Waals surface area contributed by atoms with Gasteiger partial charge in [-0.05, 0) is 12.0 Å². The molecule has 1 atom stereocenters. The standard InChI is InChI=1S/C22H38O3/c1-2-3-4-5-6-7-8-9-10-14-17-24-20-22(18-23)25-19-21-15-12-11-13-16-21/h11-13,15-16,22-23H,2-10,14,17-20H2,1H3. The molecule has 0 aliphatic heterocycles. The largest absolute Gasteiger partial charge is 0.394 e. The third-order valence-electron chi connectivity index (χ3n) is 4.48. The van der Waals surface area contributed by atoms with E-state index < -0.39 is 0 Å². The van der Waals surface area contributed by atoms with Gasteiger partial charge in [-0.1, -0.05) is 95.0 Å². The Morgan fingerprint density at radius 3 is 2.04 bits per heavy atom. The molecule has 0 aliphatic carbocycles. The van der Waals surface area contributed by atoms with Crippen LogP contribution in [0.5, 0.6) is 0 Å². The molecule has 1 aromatic carbocycles. The molecule has 0 radical (unpaired) electrons. The molecule has 25 heavy (non-hydrogen) atoms. The molecular formula is C22H38O3. The van der Waals surface area contributed by atoms with Gasteiger partial charge in [0.05, 0.1) is 19.8 Å². The molecule has 1 aromatic rings. The first kappa shape index (κ1) is 22.1. The summed E-state index contributed by atoms with van der Waals surface area (Å²) in [7, 11) is 0. The fourth-order valence-corrected chi connectivity index (χ4v) is 2.85. The first-order valence-corrected chi connectivity index (χ1v) is 10.2. The molecule has 0 aromatic heterocycles. The number of hydrogen-bond donors (Lipinski definition) is 1. The maximum Gasteiger partial charge on any atom is 0.104 e. The van der Waals surface area contributed by atoms with Gasteiger partial charge in [0, 0.05) is 6.61 Å². The minimum Gasteiger partial charge on any atom is -0.394 e. The monoisotopic (exact) mass is 350 g/mol. The quantitative estimate of drug-likeness (QED) is 0.377. The van der Waals surface area contributed by atoms with Crippen LogP contribution in [0.15, 0.2) is 30.3 Å². The molecule has 1 unspecified atom stereocenters. The van der Waals surface area contributed by atoms with E-state index in [-0.39, 0.29) is 12.7 Å². The zero-order chi connectivity index (χ0) is 18.0. The summed E-state index contributed by atoms with van der Waals surface area (Å²) in [6.45, 7) is 4.03. The van der Waals surface area contributed by atoms with Crippen molar-refractivity contribution in [1.82, 2.24) is 0 Å². The van der Waals surface area contributed by atoms with Gasteiger partial charge >= 0.3 is 0 Å². The third-order valence-corrected chi connectivity index (χ3v) is 4.48. The molecule has 0 bridgehead atoms. The Kier molecular flexibility index (Phi) is 14.7. The first-order chi connectivity index (χ1) is 12.4. The molecular weight excluding hydrogens is 312 g/mol. The number of ether oxygens (including phenoxy) is 2. The van der Waals surface area contributed by atoms with E-state index in [1.54, 1.807) is 0 Å². The van der Waals surface area contributed by atoms with Crippen LogP contribution in [0.25, 0.3) is 0 Å². The highest BCUT2D eigenvalue weighted by atomic mass is 16.5. The third kappa shape index (κ3) is 13.0. The fourth-order valence-electron chi connectivity index (χ4n) is 2.85. The van der Waals surface area contributed by atoms with E-state index in [1.165, 1.54) is 57.8 Å². The van der Waals surface area contributed by atoms with Gasteiger partial charge in [0.15, 0.2) is 0 Å². The normalized spacial score (nSPS) is 12.4. The lowest BCUT2D eigenvalue weighted by Crippen LogP contribution is -2.24. The number of unbranched alkanes of at least 4 members (excludes halogenated alkanes) is 9. The van der Waals surface area contributed by atoms with Crippen LogP contribution in [0.4, 0.5) is 0 Å². The number of aliphatic hydroxyl groups is 1. The number of benzene rings is 1. The van der Waals surface area contributed by atoms with Crippen LogP contribution in [0, 0.1) is 0 Å². The molecule has 144 valence electrons. The highest BCUT2D eigenvalue weighted by Gasteiger charge is 2.08. The highest BCUT2D eigenvalue weighted by Crippen LogP contribution is 2.10. The van der Waals surface area contributed by atoms with Gasteiger partial charge in [0.25, 0.3) is 0 Å². The van der Waals surface area contributed by atoms with Crippen LogP contribution >= 0.6 is 0 Å². The summed E-state index contributed by atoms with van der Waals surface area (Å²) >= 11 is 0. The second-order valence-corrected chi connectivity index (χ2v) is 6.86. The van der Waals surface area contributed by atoms with E-state index in [0.29, 0.717) is 13.2 Å². The lowest BCUT2D eigenvalue weighted by Gasteiger charge is -2.15. The zero-order valence-corrected chi connectivity index (χ0v) is 16.1. The van der Waals surface area contributed by atoms with Gasteiger partial charge in [0.1, 0.15) is 6.10 Å². The van der Waals surface area contributed by atoms with Gasteiger partial charge in [0.2, 0.25) is 0 Å². The maximum absolute atomic E-state index is 9.38. The molecule has 0 saturated carbocycles. The summed E-state index contributed by atoms with van der Waals surface area (Å²) in [6.07, 6.45) is 13.1. The van der Waals surface area contributed by atoms with Crippen LogP contribution in [0.3, 0.4) is 0 Å². The van der Waals surface area contributed by atoms with Crippen molar-refractivity contribution in [2.75, 3.05) is 19.8 Å². The Morgan fingerprint density at radius 1 is 0.840 bits per heavy atom. The Labute approximate surface area is 154 Å². The Bertz CT molecular complexity index is 380. The molecule has 0 amide bonds. The van der Waals surface area contributed by atoms with E-state index in [0.717, 1.165) is 18.6 Å². The average Bonchev–Trinajstić information content (AvgIpc) is 2.66. The number of aliphatic hydroxyl groups excluding tert-OH is 1. The van der Waals surface area contributed by atoms with Crippen LogP contribution in [-0.2, 0) is 16.1 Å². The zero-order valence-electron chi connectivity index (χ0n) is 16.1. The Morgan fingerprint density at radius 2 is 1.44 bits per heavy atom.